The molecule has 0 saturated heterocycles. The predicted molar refractivity (Wildman–Crippen MR) is 107 cm³/mol. The molecule has 1 N–H and O–H groups in total. The summed E-state index contributed by atoms with van der Waals surface area (Å²) in [6.45, 7) is 1.21. The predicted octanol–water partition coefficient (Wildman–Crippen LogP) is 5.99. The van der Waals surface area contributed by atoms with Gasteiger partial charge in [-0.15, -0.1) is 0 Å². The third-order valence-electron chi connectivity index (χ3n) is 3.54. The van der Waals surface area contributed by atoms with Crippen LogP contribution in [-0.4, -0.2) is 10.0 Å². The smallest absolute Gasteiger partial charge is 0.174 e. The molecule has 0 spiro atoms. The van der Waals surface area contributed by atoms with Crippen LogP contribution in [0.1, 0.15) is 11.3 Å². The van der Waals surface area contributed by atoms with E-state index in [9.17, 15) is 0 Å². The van der Waals surface area contributed by atoms with E-state index < -0.39 is 0 Å². The van der Waals surface area contributed by atoms with Crippen LogP contribution in [-0.2, 0) is 13.1 Å². The van der Waals surface area contributed by atoms with Crippen molar-refractivity contribution in [3.05, 3.63) is 88.3 Å². The van der Waals surface area contributed by atoms with E-state index in [2.05, 4.69) is 17.4 Å². The van der Waals surface area contributed by atoms with E-state index >= 15 is 0 Å². The summed E-state index contributed by atoms with van der Waals surface area (Å²) in [6.07, 6.45) is 1.66. The van der Waals surface area contributed by atoms with Gasteiger partial charge in [0.15, 0.2) is 5.11 Å². The Hall–Kier alpha value is -2.01. The van der Waals surface area contributed by atoms with Crippen LogP contribution >= 0.6 is 35.4 Å². The first kappa shape index (κ1) is 17.8. The summed E-state index contributed by atoms with van der Waals surface area (Å²) in [6, 6.07) is 19.2. The Bertz CT molecular complexity index is 818. The zero-order chi connectivity index (χ0) is 17.6. The summed E-state index contributed by atoms with van der Waals surface area (Å²) in [5, 5.41) is 4.88. The first-order valence-electron chi connectivity index (χ1n) is 7.68. The molecule has 0 aliphatic rings. The van der Waals surface area contributed by atoms with E-state index in [1.54, 1.807) is 24.5 Å². The molecule has 0 unspecified atom stereocenters. The van der Waals surface area contributed by atoms with Crippen molar-refractivity contribution >= 4 is 46.2 Å². The highest BCUT2D eigenvalue weighted by molar-refractivity contribution is 7.80. The van der Waals surface area contributed by atoms with E-state index in [-0.39, 0.29) is 0 Å². The molecule has 0 radical (unpaired) electrons. The lowest BCUT2D eigenvalue weighted by Gasteiger charge is -2.25. The van der Waals surface area contributed by atoms with Gasteiger partial charge in [-0.3, -0.25) is 0 Å². The topological polar surface area (TPSA) is 28.4 Å². The Morgan fingerprint density at radius 2 is 1.68 bits per heavy atom. The van der Waals surface area contributed by atoms with Crippen molar-refractivity contribution in [1.82, 2.24) is 4.90 Å². The van der Waals surface area contributed by atoms with Gasteiger partial charge in [0.1, 0.15) is 5.76 Å². The maximum absolute atomic E-state index is 6.06. The van der Waals surface area contributed by atoms with Gasteiger partial charge < -0.3 is 14.6 Å². The van der Waals surface area contributed by atoms with Gasteiger partial charge in [-0.25, -0.2) is 0 Å². The molecule has 0 amide bonds. The summed E-state index contributed by atoms with van der Waals surface area (Å²) in [5.74, 6) is 0.837. The van der Waals surface area contributed by atoms with Crippen LogP contribution in [0, 0.1) is 0 Å². The number of rotatable bonds is 5. The van der Waals surface area contributed by atoms with E-state index in [1.807, 2.05) is 35.2 Å². The minimum atomic E-state index is 0.554. The number of nitrogens with zero attached hydrogens (tertiary/aromatic N) is 1. The van der Waals surface area contributed by atoms with Crippen molar-refractivity contribution in [1.29, 1.82) is 0 Å². The Morgan fingerprint density at radius 1 is 0.960 bits per heavy atom. The second kappa shape index (κ2) is 8.39. The van der Waals surface area contributed by atoms with Crippen LogP contribution in [0.4, 0.5) is 5.69 Å². The van der Waals surface area contributed by atoms with Crippen molar-refractivity contribution < 1.29 is 4.42 Å². The summed E-state index contributed by atoms with van der Waals surface area (Å²) in [4.78, 5) is 2.03. The zero-order valence-corrected chi connectivity index (χ0v) is 15.6. The van der Waals surface area contributed by atoms with Crippen molar-refractivity contribution in [3.8, 4) is 0 Å². The molecule has 3 aromatic rings. The van der Waals surface area contributed by atoms with E-state index in [0.29, 0.717) is 28.2 Å². The number of thiocarbonyl (C=S) groups is 1. The van der Waals surface area contributed by atoms with Gasteiger partial charge in [0.2, 0.25) is 0 Å². The van der Waals surface area contributed by atoms with Crippen molar-refractivity contribution in [2.45, 2.75) is 13.1 Å². The maximum Gasteiger partial charge on any atom is 0.174 e. The number of nitrogens with one attached hydrogen (secondary N) is 1. The van der Waals surface area contributed by atoms with Gasteiger partial charge in [0.25, 0.3) is 0 Å². The average molecular weight is 391 g/mol. The molecule has 3 nitrogen and oxygen atoms in total. The zero-order valence-electron chi connectivity index (χ0n) is 13.3. The molecule has 0 atom stereocenters. The molecule has 128 valence electrons. The maximum atomic E-state index is 6.06. The fourth-order valence-corrected chi connectivity index (χ4v) is 3.20. The van der Waals surface area contributed by atoms with E-state index in [0.717, 1.165) is 17.0 Å². The van der Waals surface area contributed by atoms with E-state index in [4.69, 9.17) is 39.8 Å². The molecule has 3 rings (SSSR count). The molecular weight excluding hydrogens is 375 g/mol. The highest BCUT2D eigenvalue weighted by Crippen LogP contribution is 2.23. The van der Waals surface area contributed by atoms with Crippen molar-refractivity contribution in [2.24, 2.45) is 0 Å². The van der Waals surface area contributed by atoms with Gasteiger partial charge in [0, 0.05) is 22.3 Å². The summed E-state index contributed by atoms with van der Waals surface area (Å²) >= 11 is 17.7. The average Bonchev–Trinajstić information content (AvgIpc) is 3.07. The van der Waals surface area contributed by atoms with Gasteiger partial charge in [-0.2, -0.15) is 0 Å². The van der Waals surface area contributed by atoms with Crippen molar-refractivity contribution in [2.75, 3.05) is 5.32 Å². The van der Waals surface area contributed by atoms with Crippen LogP contribution < -0.4 is 5.32 Å². The van der Waals surface area contributed by atoms with Crippen LogP contribution in [0.15, 0.2) is 71.3 Å². The quantitative estimate of drug-likeness (QED) is 0.541. The Labute approximate surface area is 162 Å². The second-order valence-corrected chi connectivity index (χ2v) is 6.77. The number of benzene rings is 2. The molecule has 0 aliphatic heterocycles. The molecular formula is C19H16Cl2N2OS. The lowest BCUT2D eigenvalue weighted by Crippen LogP contribution is -2.33. The fraction of sp³-hybridized carbons (Fsp3) is 0.105. The lowest BCUT2D eigenvalue weighted by molar-refractivity contribution is 0.360. The molecule has 0 fully saturated rings. The molecule has 0 bridgehead atoms. The molecule has 25 heavy (non-hydrogen) atoms. The van der Waals surface area contributed by atoms with E-state index in [1.165, 1.54) is 0 Å². The minimum Gasteiger partial charge on any atom is -0.467 e. The summed E-state index contributed by atoms with van der Waals surface area (Å²) in [5.41, 5.74) is 1.90. The first-order valence-corrected chi connectivity index (χ1v) is 8.85. The Balaban J connectivity index is 1.78. The third kappa shape index (κ3) is 5.23. The standard InChI is InChI=1S/C19H16Cl2N2OS/c20-15-9-16(21)11-17(10-15)22-19(25)23(13-18-7-4-8-24-18)12-14-5-2-1-3-6-14/h1-11H,12-13H2,(H,22,25). The monoisotopic (exact) mass is 390 g/mol. The van der Waals surface area contributed by atoms with Gasteiger partial charge >= 0.3 is 0 Å². The summed E-state index contributed by atoms with van der Waals surface area (Å²) in [7, 11) is 0. The molecule has 1 aromatic heterocycles. The minimum absolute atomic E-state index is 0.554. The number of hydrogen-bond acceptors (Lipinski definition) is 2. The second-order valence-electron chi connectivity index (χ2n) is 5.51. The van der Waals surface area contributed by atoms with Gasteiger partial charge in [0.05, 0.1) is 12.8 Å². The van der Waals surface area contributed by atoms with Crippen LogP contribution in [0.2, 0.25) is 10.0 Å². The number of halogens is 2. The third-order valence-corrected chi connectivity index (χ3v) is 4.34. The van der Waals surface area contributed by atoms with Crippen LogP contribution in [0.5, 0.6) is 0 Å². The van der Waals surface area contributed by atoms with Crippen LogP contribution in [0.25, 0.3) is 0 Å². The highest BCUT2D eigenvalue weighted by Gasteiger charge is 2.13. The number of anilines is 1. The van der Waals surface area contributed by atoms with Crippen LogP contribution in [0.3, 0.4) is 0 Å². The lowest BCUT2D eigenvalue weighted by atomic mass is 10.2. The normalized spacial score (nSPS) is 10.5. The van der Waals surface area contributed by atoms with Crippen molar-refractivity contribution in [3.63, 3.8) is 0 Å². The highest BCUT2D eigenvalue weighted by atomic mass is 35.5. The SMILES string of the molecule is S=C(Nc1cc(Cl)cc(Cl)c1)N(Cc1ccccc1)Cc1ccco1. The Morgan fingerprint density at radius 3 is 2.32 bits per heavy atom. The summed E-state index contributed by atoms with van der Waals surface area (Å²) < 4.78 is 5.47. The Kier molecular flexibility index (Phi) is 5.97. The van der Waals surface area contributed by atoms with Gasteiger partial charge in [-0.05, 0) is 48.1 Å². The van der Waals surface area contributed by atoms with Gasteiger partial charge in [-0.1, -0.05) is 53.5 Å². The molecule has 2 aromatic carbocycles. The molecule has 1 heterocycles. The largest absolute Gasteiger partial charge is 0.467 e. The fourth-order valence-electron chi connectivity index (χ4n) is 2.42. The number of hydrogen-bond donors (Lipinski definition) is 1. The number of furan rings is 1. The molecule has 0 saturated carbocycles. The first-order chi connectivity index (χ1) is 12.1. The molecule has 6 heteroatoms. The molecule has 0 aliphatic carbocycles.